The van der Waals surface area contributed by atoms with Crippen LogP contribution in [0.1, 0.15) is 58.2 Å². The number of benzene rings is 3. The summed E-state index contributed by atoms with van der Waals surface area (Å²) >= 11 is 0. The lowest BCUT2D eigenvalue weighted by Crippen LogP contribution is -2.46. The number of aromatic nitrogens is 3. The fourth-order valence-corrected chi connectivity index (χ4v) is 10.3. The average Bonchev–Trinajstić information content (AvgIpc) is 3.48. The number of pyridine rings is 3. The van der Waals surface area contributed by atoms with Gasteiger partial charge in [-0.2, -0.15) is 0 Å². The van der Waals surface area contributed by atoms with E-state index in [9.17, 15) is 9.90 Å². The number of unbranched alkanes of at least 4 members (excludes halogenated alkanes) is 2. The van der Waals surface area contributed by atoms with E-state index in [1.165, 1.54) is 0 Å². The largest absolute Gasteiger partial charge is 0.496 e. The zero-order valence-electron chi connectivity index (χ0n) is 47.8. The molecule has 1 N–H and O–H groups in total. The van der Waals surface area contributed by atoms with Crippen molar-refractivity contribution in [3.05, 3.63) is 107 Å². The first-order valence-electron chi connectivity index (χ1n) is 26.6. The number of hydrogen-bond donors (Lipinski definition) is 1. The molecule has 0 saturated carbocycles. The molecule has 0 aliphatic carbocycles. The summed E-state index contributed by atoms with van der Waals surface area (Å²) in [5, 5.41) is 9.49. The van der Waals surface area contributed by atoms with Gasteiger partial charge in [0.15, 0.2) is 6.29 Å². The van der Waals surface area contributed by atoms with Gasteiger partial charge in [0.25, 0.3) is 0 Å². The number of ether oxygens (including phenoxy) is 10. The van der Waals surface area contributed by atoms with Crippen molar-refractivity contribution >= 4 is 6.29 Å². The van der Waals surface area contributed by atoms with Crippen molar-refractivity contribution in [2.45, 2.75) is 52.7 Å². The quantitative estimate of drug-likeness (QED) is 0.0402. The summed E-state index contributed by atoms with van der Waals surface area (Å²) in [6.07, 6.45) is 3.23. The maximum absolute atomic E-state index is 12.7. The Labute approximate surface area is 465 Å². The Hall–Kier alpha value is -7.22. The maximum atomic E-state index is 12.7. The number of rotatable bonds is 26. The number of carbonyl (C=O) groups is 1. The molecule has 18 nitrogen and oxygen atoms in total. The van der Waals surface area contributed by atoms with Crippen LogP contribution in [0.4, 0.5) is 0 Å². The zero-order valence-corrected chi connectivity index (χ0v) is 47.8. The smallest absolute Gasteiger partial charge is 0.168 e. The van der Waals surface area contributed by atoms with Gasteiger partial charge in [-0.15, -0.1) is 0 Å². The standard InChI is InChI=1S/C61H78N6O12/c1-40-21-43(59-53(73-6)27-50(70-3)28-54(59)74-7)23-46(62-40)35-65-15-17-66(36-47-24-44(22-41(2)63-47)60-55(75-8)29-51(71-4)30-56(60)76-9)33-42(39-79-20-14-12-13-19-68)34-67(18-16-65)37-48-25-45(26-49(38-69)64-48)61-57(77-10)31-52(72-5)32-58(61)78-11/h21-32,38,42,68H,12-20,33-37,39H2,1-11H3. The third-order valence-electron chi connectivity index (χ3n) is 14.0. The molecule has 0 bridgehead atoms. The van der Waals surface area contributed by atoms with Crippen molar-refractivity contribution in [2.24, 2.45) is 5.92 Å². The molecule has 0 amide bonds. The predicted molar refractivity (Wildman–Crippen MR) is 304 cm³/mol. The van der Waals surface area contributed by atoms with Gasteiger partial charge in [0.05, 0.1) is 104 Å². The van der Waals surface area contributed by atoms with Crippen LogP contribution in [0.3, 0.4) is 0 Å². The average molecular weight is 1090 g/mol. The molecule has 424 valence electrons. The van der Waals surface area contributed by atoms with Crippen molar-refractivity contribution in [2.75, 3.05) is 123 Å². The van der Waals surface area contributed by atoms with Gasteiger partial charge in [0, 0.05) is 126 Å². The second kappa shape index (κ2) is 29.1. The number of hydrogen-bond acceptors (Lipinski definition) is 18. The Morgan fingerprint density at radius 2 is 0.835 bits per heavy atom. The number of aliphatic hydroxyl groups excluding tert-OH is 1. The summed E-state index contributed by atoms with van der Waals surface area (Å²) < 4.78 is 58.7. The number of aliphatic hydroxyl groups is 1. The molecule has 79 heavy (non-hydrogen) atoms. The number of nitrogens with zero attached hydrogens (tertiary/aromatic N) is 6. The van der Waals surface area contributed by atoms with Crippen molar-refractivity contribution in [1.82, 2.24) is 29.7 Å². The first-order valence-corrected chi connectivity index (χ1v) is 26.6. The van der Waals surface area contributed by atoms with Gasteiger partial charge >= 0.3 is 0 Å². The van der Waals surface area contributed by atoms with Crippen LogP contribution in [0, 0.1) is 19.8 Å². The first kappa shape index (κ1) is 59.4. The third-order valence-corrected chi connectivity index (χ3v) is 14.0. The highest BCUT2D eigenvalue weighted by Crippen LogP contribution is 2.45. The Morgan fingerprint density at radius 1 is 0.468 bits per heavy atom. The maximum Gasteiger partial charge on any atom is 0.168 e. The summed E-state index contributed by atoms with van der Waals surface area (Å²) in [5.74, 6) is 5.42. The second-order valence-electron chi connectivity index (χ2n) is 19.6. The van der Waals surface area contributed by atoms with Gasteiger partial charge in [-0.3, -0.25) is 29.5 Å². The number of aryl methyl sites for hydroxylation is 2. The highest BCUT2D eigenvalue weighted by atomic mass is 16.5. The van der Waals surface area contributed by atoms with E-state index in [1.54, 1.807) is 82.2 Å². The molecule has 1 aliphatic rings. The van der Waals surface area contributed by atoms with E-state index in [0.717, 1.165) is 76.1 Å². The highest BCUT2D eigenvalue weighted by Gasteiger charge is 2.26. The molecule has 1 fully saturated rings. The molecule has 4 heterocycles. The fraction of sp³-hybridized carbons (Fsp3) is 0.443. The minimum Gasteiger partial charge on any atom is -0.496 e. The van der Waals surface area contributed by atoms with Crippen molar-refractivity contribution in [3.63, 3.8) is 0 Å². The van der Waals surface area contributed by atoms with Crippen LogP contribution >= 0.6 is 0 Å². The molecular weight excluding hydrogens is 1010 g/mol. The van der Waals surface area contributed by atoms with E-state index in [0.29, 0.717) is 135 Å². The van der Waals surface area contributed by atoms with Gasteiger partial charge in [-0.05, 0) is 86.2 Å². The molecule has 18 heteroatoms. The SMILES string of the molecule is COc1cc(OC)c(-c2cc(C)nc(CN3CCN(Cc4cc(-c5c(OC)cc(OC)cc5OC)cc(C)n4)CC(COCCCCCO)CN(Cc4cc(-c5c(OC)cc(OC)cc5OC)cc(C=O)n4)CC3)c2)c(OC)c1. The summed E-state index contributed by atoms with van der Waals surface area (Å²) in [7, 11) is 14.6. The summed E-state index contributed by atoms with van der Waals surface area (Å²) in [4.78, 5) is 35.2. The Bertz CT molecular complexity index is 2900. The topological polar surface area (TPSA) is 178 Å². The van der Waals surface area contributed by atoms with Crippen LogP contribution in [0.15, 0.2) is 72.8 Å². The minimum atomic E-state index is 0.0430. The molecule has 0 radical (unpaired) electrons. The molecule has 3 aromatic carbocycles. The number of carbonyl (C=O) groups excluding carboxylic acids is 1. The number of methoxy groups -OCH3 is 9. The van der Waals surface area contributed by atoms with E-state index in [2.05, 4.69) is 26.8 Å². The molecule has 3 aromatic heterocycles. The Morgan fingerprint density at radius 3 is 1.20 bits per heavy atom. The van der Waals surface area contributed by atoms with E-state index in [1.807, 2.05) is 56.3 Å². The summed E-state index contributed by atoms with van der Waals surface area (Å²) in [6.45, 7) is 10.8. The first-order chi connectivity index (χ1) is 38.4. The lowest BCUT2D eigenvalue weighted by molar-refractivity contribution is 0.0442. The van der Waals surface area contributed by atoms with E-state index in [-0.39, 0.29) is 18.2 Å². The van der Waals surface area contributed by atoms with Gasteiger partial charge < -0.3 is 52.5 Å². The van der Waals surface area contributed by atoms with E-state index < -0.39 is 0 Å². The normalized spacial score (nSPS) is 14.6. The van der Waals surface area contributed by atoms with Gasteiger partial charge in [0.2, 0.25) is 0 Å². The highest BCUT2D eigenvalue weighted by molar-refractivity contribution is 5.83. The molecule has 1 atom stereocenters. The van der Waals surface area contributed by atoms with Gasteiger partial charge in [-0.1, -0.05) is 0 Å². The van der Waals surface area contributed by atoms with Crippen LogP contribution in [0.5, 0.6) is 51.7 Å². The minimum absolute atomic E-state index is 0.0430. The molecule has 1 saturated heterocycles. The molecular formula is C61H78N6O12. The molecule has 0 spiro atoms. The lowest BCUT2D eigenvalue weighted by Gasteiger charge is -2.36. The molecule has 1 aliphatic heterocycles. The van der Waals surface area contributed by atoms with Crippen LogP contribution in [0.25, 0.3) is 33.4 Å². The van der Waals surface area contributed by atoms with Crippen LogP contribution in [-0.4, -0.2) is 164 Å². The monoisotopic (exact) mass is 1090 g/mol. The number of aldehydes is 1. The Kier molecular flexibility index (Phi) is 21.9. The van der Waals surface area contributed by atoms with Gasteiger partial charge in [-0.25, -0.2) is 4.98 Å². The zero-order chi connectivity index (χ0) is 56.4. The van der Waals surface area contributed by atoms with Crippen molar-refractivity contribution in [3.8, 4) is 85.1 Å². The van der Waals surface area contributed by atoms with E-state index in [4.69, 9.17) is 62.3 Å². The van der Waals surface area contributed by atoms with Crippen LogP contribution in [-0.2, 0) is 24.4 Å². The second-order valence-corrected chi connectivity index (χ2v) is 19.6. The van der Waals surface area contributed by atoms with Crippen molar-refractivity contribution < 1.29 is 57.3 Å². The summed E-state index contributed by atoms with van der Waals surface area (Å²) in [5.41, 5.74) is 9.31. The van der Waals surface area contributed by atoms with Crippen LogP contribution < -0.4 is 42.6 Å². The molecule has 1 unspecified atom stereocenters. The van der Waals surface area contributed by atoms with Crippen LogP contribution in [0.2, 0.25) is 0 Å². The predicted octanol–water partition coefficient (Wildman–Crippen LogP) is 8.99. The summed E-state index contributed by atoms with van der Waals surface area (Å²) in [6, 6.07) is 23.1. The van der Waals surface area contributed by atoms with E-state index >= 15 is 0 Å². The fourth-order valence-electron chi connectivity index (χ4n) is 10.3. The van der Waals surface area contributed by atoms with Crippen molar-refractivity contribution in [1.29, 1.82) is 0 Å². The molecule has 7 rings (SSSR count). The van der Waals surface area contributed by atoms with Gasteiger partial charge in [0.1, 0.15) is 57.4 Å². The molecule has 6 aromatic rings. The lowest BCUT2D eigenvalue weighted by atomic mass is 10.0. The third kappa shape index (κ3) is 15.5. The Balaban J connectivity index is 1.29.